The Bertz CT molecular complexity index is 561. The van der Waals surface area contributed by atoms with E-state index in [2.05, 4.69) is 16.9 Å². The largest absolute Gasteiger partial charge is 0.355 e. The van der Waals surface area contributed by atoms with Crippen LogP contribution in [0.2, 0.25) is 0 Å². The van der Waals surface area contributed by atoms with E-state index in [4.69, 9.17) is 10.7 Å². The molecule has 0 saturated heterocycles. The van der Waals surface area contributed by atoms with E-state index in [1.165, 1.54) is 0 Å². The van der Waals surface area contributed by atoms with Gasteiger partial charge in [0.05, 0.1) is 17.2 Å². The SMILES string of the molecule is CN(c1cnc2ccccc2n1)C1CCC(N)CC1. The zero-order valence-corrected chi connectivity index (χ0v) is 11.3. The molecule has 0 radical (unpaired) electrons. The zero-order chi connectivity index (χ0) is 13.2. The van der Waals surface area contributed by atoms with Gasteiger partial charge in [-0.2, -0.15) is 0 Å². The maximum atomic E-state index is 5.96. The van der Waals surface area contributed by atoms with Crippen molar-refractivity contribution in [3.63, 3.8) is 0 Å². The van der Waals surface area contributed by atoms with E-state index in [9.17, 15) is 0 Å². The van der Waals surface area contributed by atoms with Crippen LogP contribution in [0.15, 0.2) is 30.5 Å². The third-order valence-electron chi connectivity index (χ3n) is 4.09. The second-order valence-corrected chi connectivity index (χ2v) is 5.40. The molecule has 2 aromatic rings. The van der Waals surface area contributed by atoms with Crippen LogP contribution in [0, 0.1) is 0 Å². The van der Waals surface area contributed by atoms with Gasteiger partial charge < -0.3 is 10.6 Å². The molecule has 0 aliphatic heterocycles. The summed E-state index contributed by atoms with van der Waals surface area (Å²) in [6.07, 6.45) is 6.38. The normalized spacial score (nSPS) is 23.5. The van der Waals surface area contributed by atoms with Crippen LogP contribution >= 0.6 is 0 Å². The standard InChI is InChI=1S/C15H20N4/c1-19(12-8-6-11(16)7-9-12)15-10-17-13-4-2-3-5-14(13)18-15/h2-5,10-12H,6-9,16H2,1H3. The summed E-state index contributed by atoms with van der Waals surface area (Å²) in [5.41, 5.74) is 7.87. The van der Waals surface area contributed by atoms with Crippen LogP contribution in [-0.2, 0) is 0 Å². The van der Waals surface area contributed by atoms with E-state index in [1.807, 2.05) is 30.5 Å². The first kappa shape index (κ1) is 12.4. The highest BCUT2D eigenvalue weighted by molar-refractivity contribution is 5.75. The van der Waals surface area contributed by atoms with Crippen molar-refractivity contribution in [2.24, 2.45) is 5.73 Å². The number of aromatic nitrogens is 2. The molecule has 1 aromatic heterocycles. The second kappa shape index (κ2) is 5.13. The summed E-state index contributed by atoms with van der Waals surface area (Å²) < 4.78 is 0. The lowest BCUT2D eigenvalue weighted by Crippen LogP contribution is -2.39. The summed E-state index contributed by atoms with van der Waals surface area (Å²) in [5.74, 6) is 0.958. The van der Waals surface area contributed by atoms with E-state index >= 15 is 0 Å². The first-order valence-corrected chi connectivity index (χ1v) is 6.94. The van der Waals surface area contributed by atoms with Gasteiger partial charge in [0.2, 0.25) is 0 Å². The van der Waals surface area contributed by atoms with Gasteiger partial charge in [-0.3, -0.25) is 4.98 Å². The summed E-state index contributed by atoms with van der Waals surface area (Å²) >= 11 is 0. The van der Waals surface area contributed by atoms with Crippen LogP contribution in [0.25, 0.3) is 11.0 Å². The van der Waals surface area contributed by atoms with Crippen LogP contribution in [-0.4, -0.2) is 29.1 Å². The fourth-order valence-electron chi connectivity index (χ4n) is 2.79. The van der Waals surface area contributed by atoms with Gasteiger partial charge >= 0.3 is 0 Å². The molecule has 0 unspecified atom stereocenters. The Hall–Kier alpha value is -1.68. The average molecular weight is 256 g/mol. The summed E-state index contributed by atoms with van der Waals surface area (Å²) in [6.45, 7) is 0. The molecule has 1 saturated carbocycles. The van der Waals surface area contributed by atoms with Crippen LogP contribution < -0.4 is 10.6 Å². The van der Waals surface area contributed by atoms with Gasteiger partial charge in [-0.25, -0.2) is 4.98 Å². The van der Waals surface area contributed by atoms with Gasteiger partial charge in [-0.05, 0) is 37.8 Å². The van der Waals surface area contributed by atoms with Crippen LogP contribution in [0.5, 0.6) is 0 Å². The molecule has 1 heterocycles. The predicted octanol–water partition coefficient (Wildman–Crippen LogP) is 2.34. The quantitative estimate of drug-likeness (QED) is 0.896. The van der Waals surface area contributed by atoms with Crippen LogP contribution in [0.3, 0.4) is 0 Å². The molecule has 100 valence electrons. The third kappa shape index (κ3) is 2.54. The molecule has 0 amide bonds. The lowest BCUT2D eigenvalue weighted by atomic mass is 9.91. The number of para-hydroxylation sites is 2. The number of benzene rings is 1. The minimum absolute atomic E-state index is 0.382. The fourth-order valence-corrected chi connectivity index (χ4v) is 2.79. The Morgan fingerprint density at radius 3 is 2.53 bits per heavy atom. The number of rotatable bonds is 2. The molecule has 1 aliphatic carbocycles. The summed E-state index contributed by atoms with van der Waals surface area (Å²) in [5, 5.41) is 0. The Kier molecular flexibility index (Phi) is 3.34. The predicted molar refractivity (Wildman–Crippen MR) is 78.2 cm³/mol. The second-order valence-electron chi connectivity index (χ2n) is 5.40. The van der Waals surface area contributed by atoms with E-state index < -0.39 is 0 Å². The highest BCUT2D eigenvalue weighted by Crippen LogP contribution is 2.25. The number of anilines is 1. The molecule has 0 atom stereocenters. The summed E-state index contributed by atoms with van der Waals surface area (Å²) in [6, 6.07) is 8.91. The van der Waals surface area contributed by atoms with E-state index in [1.54, 1.807) is 0 Å². The van der Waals surface area contributed by atoms with Crippen molar-refractivity contribution in [3.05, 3.63) is 30.5 Å². The minimum atomic E-state index is 0.382. The smallest absolute Gasteiger partial charge is 0.147 e. The van der Waals surface area contributed by atoms with Gasteiger partial charge in [0.1, 0.15) is 5.82 Å². The van der Waals surface area contributed by atoms with Crippen LogP contribution in [0.1, 0.15) is 25.7 Å². The lowest BCUT2D eigenvalue weighted by molar-refractivity contribution is 0.384. The molecule has 3 rings (SSSR count). The molecule has 1 fully saturated rings. The lowest BCUT2D eigenvalue weighted by Gasteiger charge is -2.34. The Labute approximate surface area is 113 Å². The molecule has 4 heteroatoms. The topological polar surface area (TPSA) is 55.0 Å². The molecule has 0 bridgehead atoms. The van der Waals surface area contributed by atoms with Gasteiger partial charge in [-0.1, -0.05) is 12.1 Å². The van der Waals surface area contributed by atoms with Crippen molar-refractivity contribution in [1.29, 1.82) is 0 Å². The van der Waals surface area contributed by atoms with E-state index in [0.717, 1.165) is 42.5 Å². The minimum Gasteiger partial charge on any atom is -0.355 e. The number of hydrogen-bond acceptors (Lipinski definition) is 4. The first-order valence-electron chi connectivity index (χ1n) is 6.94. The molecule has 1 aromatic carbocycles. The molecule has 2 N–H and O–H groups in total. The summed E-state index contributed by atoms with van der Waals surface area (Å²) in [4.78, 5) is 11.4. The molecule has 19 heavy (non-hydrogen) atoms. The number of fused-ring (bicyclic) bond motifs is 1. The summed E-state index contributed by atoms with van der Waals surface area (Å²) in [7, 11) is 2.11. The first-order chi connectivity index (χ1) is 9.24. The highest BCUT2D eigenvalue weighted by Gasteiger charge is 2.23. The molecule has 1 aliphatic rings. The van der Waals surface area contributed by atoms with Crippen molar-refractivity contribution < 1.29 is 0 Å². The van der Waals surface area contributed by atoms with Gasteiger partial charge in [0.25, 0.3) is 0 Å². The van der Waals surface area contributed by atoms with Crippen molar-refractivity contribution in [3.8, 4) is 0 Å². The Morgan fingerprint density at radius 1 is 1.11 bits per heavy atom. The number of nitrogens with two attached hydrogens (primary N) is 1. The molecule has 4 nitrogen and oxygen atoms in total. The fraction of sp³-hybridized carbons (Fsp3) is 0.467. The van der Waals surface area contributed by atoms with Gasteiger partial charge in [0, 0.05) is 19.1 Å². The maximum absolute atomic E-state index is 5.96. The van der Waals surface area contributed by atoms with Crippen molar-refractivity contribution in [2.75, 3.05) is 11.9 Å². The molecular weight excluding hydrogens is 236 g/mol. The Balaban J connectivity index is 1.83. The molecular formula is C15H20N4. The molecule has 0 spiro atoms. The van der Waals surface area contributed by atoms with Crippen molar-refractivity contribution in [1.82, 2.24) is 9.97 Å². The monoisotopic (exact) mass is 256 g/mol. The van der Waals surface area contributed by atoms with Crippen molar-refractivity contribution >= 4 is 16.9 Å². The number of hydrogen-bond donors (Lipinski definition) is 1. The number of nitrogens with zero attached hydrogens (tertiary/aromatic N) is 3. The van der Waals surface area contributed by atoms with Gasteiger partial charge in [0.15, 0.2) is 0 Å². The van der Waals surface area contributed by atoms with Crippen molar-refractivity contribution in [2.45, 2.75) is 37.8 Å². The van der Waals surface area contributed by atoms with E-state index in [0.29, 0.717) is 12.1 Å². The van der Waals surface area contributed by atoms with Gasteiger partial charge in [-0.15, -0.1) is 0 Å². The highest BCUT2D eigenvalue weighted by atomic mass is 15.2. The maximum Gasteiger partial charge on any atom is 0.147 e. The zero-order valence-electron chi connectivity index (χ0n) is 11.3. The average Bonchev–Trinajstić information content (AvgIpc) is 2.47. The van der Waals surface area contributed by atoms with E-state index in [-0.39, 0.29) is 0 Å². The Morgan fingerprint density at radius 2 is 1.79 bits per heavy atom. The third-order valence-corrected chi connectivity index (χ3v) is 4.09. The van der Waals surface area contributed by atoms with Crippen LogP contribution in [0.4, 0.5) is 5.82 Å².